The van der Waals surface area contributed by atoms with E-state index in [2.05, 4.69) is 13.8 Å². The molecule has 1 rings (SSSR count). The zero-order valence-corrected chi connectivity index (χ0v) is 12.2. The van der Waals surface area contributed by atoms with Gasteiger partial charge in [-0.1, -0.05) is 33.1 Å². The van der Waals surface area contributed by atoms with E-state index in [0.29, 0.717) is 12.5 Å². The number of rotatable bonds is 4. The van der Waals surface area contributed by atoms with Gasteiger partial charge in [-0.15, -0.1) is 12.4 Å². The molecule has 1 aliphatic carbocycles. The molecule has 0 unspecified atom stereocenters. The van der Waals surface area contributed by atoms with Crippen LogP contribution in [0.2, 0.25) is 0 Å². The second-order valence-corrected chi connectivity index (χ2v) is 5.90. The van der Waals surface area contributed by atoms with Crippen LogP contribution in [0.5, 0.6) is 0 Å². The lowest BCUT2D eigenvalue weighted by molar-refractivity contribution is -0.136. The van der Waals surface area contributed by atoms with Gasteiger partial charge in [0.15, 0.2) is 0 Å². The van der Waals surface area contributed by atoms with E-state index in [-0.39, 0.29) is 23.7 Å². The molecule has 4 heteroatoms. The molecule has 1 amide bonds. The van der Waals surface area contributed by atoms with Crippen LogP contribution in [-0.2, 0) is 4.79 Å². The van der Waals surface area contributed by atoms with Gasteiger partial charge in [-0.3, -0.25) is 4.79 Å². The van der Waals surface area contributed by atoms with Crippen molar-refractivity contribution in [1.29, 1.82) is 0 Å². The summed E-state index contributed by atoms with van der Waals surface area (Å²) in [5.41, 5.74) is 5.72. The lowest BCUT2D eigenvalue weighted by Crippen LogP contribution is -2.42. The van der Waals surface area contributed by atoms with Crippen molar-refractivity contribution in [3.63, 3.8) is 0 Å². The molecule has 0 saturated heterocycles. The van der Waals surface area contributed by atoms with Gasteiger partial charge in [-0.2, -0.15) is 0 Å². The van der Waals surface area contributed by atoms with Gasteiger partial charge in [0, 0.05) is 19.5 Å². The summed E-state index contributed by atoms with van der Waals surface area (Å²) in [6, 6.07) is 0. The molecule has 0 aliphatic heterocycles. The third-order valence-electron chi connectivity index (χ3n) is 3.55. The molecule has 102 valence electrons. The summed E-state index contributed by atoms with van der Waals surface area (Å²) >= 11 is 0. The van der Waals surface area contributed by atoms with Gasteiger partial charge in [-0.25, -0.2) is 0 Å². The third kappa shape index (κ3) is 5.26. The Labute approximate surface area is 112 Å². The van der Waals surface area contributed by atoms with Crippen LogP contribution < -0.4 is 5.73 Å². The van der Waals surface area contributed by atoms with Gasteiger partial charge in [0.05, 0.1) is 0 Å². The predicted octanol–water partition coefficient (Wildman–Crippen LogP) is 2.43. The van der Waals surface area contributed by atoms with E-state index in [1.54, 1.807) is 0 Å². The van der Waals surface area contributed by atoms with Gasteiger partial charge >= 0.3 is 0 Å². The quantitative estimate of drug-likeness (QED) is 0.846. The average Bonchev–Trinajstić information content (AvgIpc) is 2.28. The molecule has 0 heterocycles. The first-order chi connectivity index (χ1) is 7.46. The maximum atomic E-state index is 12.2. The smallest absolute Gasteiger partial charge is 0.225 e. The van der Waals surface area contributed by atoms with Crippen molar-refractivity contribution >= 4 is 18.3 Å². The highest BCUT2D eigenvalue weighted by atomic mass is 35.5. The van der Waals surface area contributed by atoms with Crippen molar-refractivity contribution in [2.45, 2.75) is 46.0 Å². The minimum absolute atomic E-state index is 0. The van der Waals surface area contributed by atoms with Crippen LogP contribution in [0.15, 0.2) is 0 Å². The number of hydrogen-bond acceptors (Lipinski definition) is 2. The maximum Gasteiger partial charge on any atom is 0.225 e. The Morgan fingerprint density at radius 2 is 1.82 bits per heavy atom. The summed E-state index contributed by atoms with van der Waals surface area (Å²) in [7, 11) is 1.91. The number of carbonyl (C=O) groups excluding carboxylic acids is 1. The first-order valence-corrected chi connectivity index (χ1v) is 6.41. The van der Waals surface area contributed by atoms with Crippen LogP contribution in [0.4, 0.5) is 0 Å². The molecular formula is C13H27ClN2O. The van der Waals surface area contributed by atoms with Crippen LogP contribution in [0.1, 0.15) is 46.0 Å². The van der Waals surface area contributed by atoms with Crippen molar-refractivity contribution in [2.24, 2.45) is 17.1 Å². The Morgan fingerprint density at radius 3 is 2.29 bits per heavy atom. The zero-order valence-electron chi connectivity index (χ0n) is 11.4. The minimum Gasteiger partial charge on any atom is -0.345 e. The summed E-state index contributed by atoms with van der Waals surface area (Å²) in [5.74, 6) is 0.591. The molecular weight excluding hydrogens is 236 g/mol. The summed E-state index contributed by atoms with van der Waals surface area (Å²) in [6.07, 6.45) is 5.87. The summed E-state index contributed by atoms with van der Waals surface area (Å²) in [4.78, 5) is 14.1. The van der Waals surface area contributed by atoms with Gasteiger partial charge in [-0.05, 0) is 24.8 Å². The Kier molecular flexibility index (Phi) is 7.10. The van der Waals surface area contributed by atoms with E-state index < -0.39 is 0 Å². The molecule has 0 bridgehead atoms. The van der Waals surface area contributed by atoms with Gasteiger partial charge in [0.2, 0.25) is 5.91 Å². The summed E-state index contributed by atoms with van der Waals surface area (Å²) in [5, 5.41) is 0. The molecule has 0 aromatic rings. The number of nitrogens with zero attached hydrogens (tertiary/aromatic N) is 1. The van der Waals surface area contributed by atoms with Crippen LogP contribution in [0.3, 0.4) is 0 Å². The molecule has 0 atom stereocenters. The Bertz CT molecular complexity index is 238. The lowest BCUT2D eigenvalue weighted by Gasteiger charge is -2.32. The Hall–Kier alpha value is -0.280. The average molecular weight is 263 g/mol. The highest BCUT2D eigenvalue weighted by Crippen LogP contribution is 2.26. The molecule has 3 nitrogen and oxygen atoms in total. The molecule has 0 spiro atoms. The minimum atomic E-state index is 0. The monoisotopic (exact) mass is 262 g/mol. The van der Waals surface area contributed by atoms with Crippen LogP contribution in [-0.4, -0.2) is 30.9 Å². The molecule has 17 heavy (non-hydrogen) atoms. The summed E-state index contributed by atoms with van der Waals surface area (Å²) in [6.45, 7) is 5.60. The summed E-state index contributed by atoms with van der Waals surface area (Å²) < 4.78 is 0. The van der Waals surface area contributed by atoms with E-state index in [1.165, 1.54) is 19.3 Å². The zero-order chi connectivity index (χ0) is 12.2. The fraction of sp³-hybridized carbons (Fsp3) is 0.923. The molecule has 2 N–H and O–H groups in total. The van der Waals surface area contributed by atoms with Crippen LogP contribution in [0, 0.1) is 11.3 Å². The van der Waals surface area contributed by atoms with E-state index in [1.807, 2.05) is 11.9 Å². The molecule has 1 fully saturated rings. The van der Waals surface area contributed by atoms with Gasteiger partial charge in [0.25, 0.3) is 0 Å². The first-order valence-electron chi connectivity index (χ1n) is 6.41. The maximum absolute atomic E-state index is 12.2. The molecule has 0 radical (unpaired) electrons. The Morgan fingerprint density at radius 1 is 1.29 bits per heavy atom. The second kappa shape index (κ2) is 7.22. The predicted molar refractivity (Wildman–Crippen MR) is 74.3 cm³/mol. The van der Waals surface area contributed by atoms with Crippen LogP contribution in [0.25, 0.3) is 0 Å². The Balaban J connectivity index is 0.00000256. The number of nitrogens with two attached hydrogens (primary N) is 1. The van der Waals surface area contributed by atoms with Gasteiger partial charge in [0.1, 0.15) is 0 Å². The van der Waals surface area contributed by atoms with Crippen molar-refractivity contribution in [3.8, 4) is 0 Å². The number of hydrogen-bond donors (Lipinski definition) is 1. The third-order valence-corrected chi connectivity index (χ3v) is 3.55. The SMILES string of the molecule is CN(CC(C)(C)CN)C(=O)C1CCCCC1.Cl. The topological polar surface area (TPSA) is 46.3 Å². The van der Waals surface area contributed by atoms with Crippen LogP contribution >= 0.6 is 12.4 Å². The van der Waals surface area contributed by atoms with E-state index >= 15 is 0 Å². The number of carbonyl (C=O) groups is 1. The van der Waals surface area contributed by atoms with Gasteiger partial charge < -0.3 is 10.6 Å². The van der Waals surface area contributed by atoms with E-state index in [4.69, 9.17) is 5.73 Å². The number of amides is 1. The standard InChI is InChI=1S/C13H26N2O.ClH/c1-13(2,9-14)10-15(3)12(16)11-7-5-4-6-8-11;/h11H,4-10,14H2,1-3H3;1H. The molecule has 1 saturated carbocycles. The fourth-order valence-corrected chi connectivity index (χ4v) is 2.45. The highest BCUT2D eigenvalue weighted by molar-refractivity contribution is 5.85. The van der Waals surface area contributed by atoms with Crippen molar-refractivity contribution in [1.82, 2.24) is 4.90 Å². The fourth-order valence-electron chi connectivity index (χ4n) is 2.45. The van der Waals surface area contributed by atoms with E-state index in [9.17, 15) is 4.79 Å². The normalized spacial score (nSPS) is 17.4. The largest absolute Gasteiger partial charge is 0.345 e. The van der Waals surface area contributed by atoms with Crippen molar-refractivity contribution in [3.05, 3.63) is 0 Å². The molecule has 0 aromatic heterocycles. The van der Waals surface area contributed by atoms with E-state index in [0.717, 1.165) is 19.4 Å². The van der Waals surface area contributed by atoms with Crippen molar-refractivity contribution in [2.75, 3.05) is 20.1 Å². The van der Waals surface area contributed by atoms with Crippen molar-refractivity contribution < 1.29 is 4.79 Å². The molecule has 1 aliphatic rings. The molecule has 0 aromatic carbocycles. The second-order valence-electron chi connectivity index (χ2n) is 5.90. The lowest BCUT2D eigenvalue weighted by atomic mass is 9.87. The first kappa shape index (κ1) is 16.7. The number of halogens is 1. The highest BCUT2D eigenvalue weighted by Gasteiger charge is 2.27.